The molecule has 2 aliphatic heterocycles. The van der Waals surface area contributed by atoms with Crippen LogP contribution < -0.4 is 59.2 Å². The van der Waals surface area contributed by atoms with Gasteiger partial charge in [-0.2, -0.15) is 0 Å². The van der Waals surface area contributed by atoms with Gasteiger partial charge < -0.3 is 31.3 Å². The number of carbonyl (C=O) groups excluding carboxylic acids is 2. The molecule has 352 valence electrons. The number of carbonyl (C=O) groups is 2. The Morgan fingerprint density at radius 3 is 1.51 bits per heavy atom. The van der Waals surface area contributed by atoms with Crippen LogP contribution in [0, 0.1) is 11.6 Å². The number of aliphatic hydroxyl groups is 1. The van der Waals surface area contributed by atoms with Crippen LogP contribution in [-0.2, 0) is 33.1 Å². The number of sulfonamides is 2. The third-order valence-corrected chi connectivity index (χ3v) is 13.4. The van der Waals surface area contributed by atoms with Crippen LogP contribution in [0.3, 0.4) is 0 Å². The Kier molecular flexibility index (Phi) is 20.1. The standard InChI is InChI=1S/2C20H19FN4O4S.C2H7N.C2H6O.Na/c2*21-14-7-5-13(6-8-14)12-23-20(27)17-18(26)16-15(4-3-9-22-16)19(24-17)25-10-1-2-11-30(25,28)29;1-3-2;1-2-3;/h2*3-9,26H,1-2,10-12H2,(H,23,27);3H,1-2H3;3H,2H2,1H3;/q;;;;+1/p-1. The van der Waals surface area contributed by atoms with E-state index in [2.05, 4.69) is 35.9 Å². The molecule has 8 rings (SSSR count). The molecule has 6 aromatic rings. The third kappa shape index (κ3) is 13.7. The fraction of sp³-hybridized carbons (Fsp3) is 0.318. The van der Waals surface area contributed by atoms with Crippen molar-refractivity contribution >= 4 is 65.3 Å². The summed E-state index contributed by atoms with van der Waals surface area (Å²) in [7, 11) is -3.45. The maximum absolute atomic E-state index is 13.0. The van der Waals surface area contributed by atoms with Crippen molar-refractivity contribution in [1.29, 1.82) is 0 Å². The first kappa shape index (κ1) is 54.0. The second-order valence-corrected chi connectivity index (χ2v) is 18.7. The van der Waals surface area contributed by atoms with Crippen molar-refractivity contribution in [3.05, 3.63) is 119 Å². The van der Waals surface area contributed by atoms with Crippen LogP contribution in [0.25, 0.3) is 21.8 Å². The third-order valence-electron chi connectivity index (χ3n) is 9.75. The fourth-order valence-electron chi connectivity index (χ4n) is 6.68. The summed E-state index contributed by atoms with van der Waals surface area (Å²) >= 11 is 0. The van der Waals surface area contributed by atoms with Crippen LogP contribution in [-0.4, -0.2) is 104 Å². The molecule has 23 heteroatoms. The molecule has 0 radical (unpaired) electrons. The van der Waals surface area contributed by atoms with E-state index in [1.165, 1.54) is 65.2 Å². The minimum Gasteiger partial charge on any atom is -0.869 e. The number of halogens is 2. The predicted octanol–water partition coefficient (Wildman–Crippen LogP) is 0.875. The van der Waals surface area contributed by atoms with Crippen LogP contribution in [0.2, 0.25) is 0 Å². The van der Waals surface area contributed by atoms with E-state index in [0.717, 1.165) is 4.31 Å². The largest absolute Gasteiger partial charge is 1.00 e. The zero-order valence-corrected chi connectivity index (χ0v) is 41.0. The van der Waals surface area contributed by atoms with Crippen LogP contribution in [0.5, 0.6) is 11.5 Å². The Balaban J connectivity index is 0.000000258. The number of pyridine rings is 4. The molecule has 0 bridgehead atoms. The van der Waals surface area contributed by atoms with Crippen LogP contribution in [0.1, 0.15) is 64.7 Å². The van der Waals surface area contributed by atoms with Crippen molar-refractivity contribution in [2.45, 2.75) is 45.7 Å². The van der Waals surface area contributed by atoms with Crippen molar-refractivity contribution in [2.24, 2.45) is 0 Å². The molecule has 2 aromatic carbocycles. The average Bonchev–Trinajstić information content (AvgIpc) is 3.30. The number of nitrogens with zero attached hydrogens (tertiary/aromatic N) is 6. The number of hydrogen-bond acceptors (Lipinski definition) is 14. The Morgan fingerprint density at radius 1 is 0.687 bits per heavy atom. The van der Waals surface area contributed by atoms with E-state index in [4.69, 9.17) is 5.11 Å². The van der Waals surface area contributed by atoms with E-state index >= 15 is 0 Å². The number of nitrogens with one attached hydrogen (secondary N) is 3. The SMILES string of the molecule is CCO.CNC.O=C(NCc1ccc(F)cc1)c1nc(N2CCCCS2(=O)=O)c2cccnc2c1O.O=C(NCc1ccc(F)cc1)c1nc(N2CCCCS2(=O)=O)c2cccnc2c1[O-].[Na+]. The summed E-state index contributed by atoms with van der Waals surface area (Å²) in [5.74, 6) is -3.29. The number of anilines is 2. The van der Waals surface area contributed by atoms with Gasteiger partial charge in [-0.25, -0.2) is 35.6 Å². The second kappa shape index (κ2) is 24.9. The molecular weight excluding hydrogens is 924 g/mol. The number of aromatic hydroxyl groups is 1. The summed E-state index contributed by atoms with van der Waals surface area (Å²) in [4.78, 5) is 42.0. The molecule has 6 heterocycles. The molecule has 2 fully saturated rings. The van der Waals surface area contributed by atoms with Gasteiger partial charge in [0.05, 0.1) is 17.0 Å². The van der Waals surface area contributed by atoms with Gasteiger partial charge in [0, 0.05) is 56.0 Å². The van der Waals surface area contributed by atoms with Crippen molar-refractivity contribution in [1.82, 2.24) is 35.9 Å². The first-order chi connectivity index (χ1) is 31.6. The fourth-order valence-corrected chi connectivity index (χ4v) is 9.88. The Hall–Kier alpha value is -5.62. The molecule has 0 unspecified atom stereocenters. The maximum atomic E-state index is 13.0. The van der Waals surface area contributed by atoms with Gasteiger partial charge in [-0.05, 0) is 112 Å². The summed E-state index contributed by atoms with van der Waals surface area (Å²) in [5.41, 5.74) is 0.612. The molecule has 5 N–H and O–H groups in total. The molecule has 2 saturated heterocycles. The summed E-state index contributed by atoms with van der Waals surface area (Å²) < 4.78 is 78.8. The first-order valence-electron chi connectivity index (χ1n) is 20.8. The van der Waals surface area contributed by atoms with Crippen LogP contribution in [0.15, 0.2) is 85.2 Å². The summed E-state index contributed by atoms with van der Waals surface area (Å²) in [6.07, 6.45) is 5.25. The van der Waals surface area contributed by atoms with Crippen LogP contribution >= 0.6 is 0 Å². The van der Waals surface area contributed by atoms with Crippen molar-refractivity contribution < 1.29 is 80.1 Å². The average molecular weight is 974 g/mol. The molecule has 2 aliphatic rings. The van der Waals surface area contributed by atoms with Crippen LogP contribution in [0.4, 0.5) is 20.4 Å². The molecule has 2 amide bonds. The molecule has 67 heavy (non-hydrogen) atoms. The summed E-state index contributed by atoms with van der Waals surface area (Å²) in [5, 5.41) is 39.5. The van der Waals surface area contributed by atoms with Gasteiger partial charge in [0.2, 0.25) is 20.0 Å². The molecular formula is C44H50F2N9NaO9S2. The van der Waals surface area contributed by atoms with Crippen molar-refractivity contribution in [3.8, 4) is 11.5 Å². The molecule has 0 atom stereocenters. The van der Waals surface area contributed by atoms with Gasteiger partial charge in [-0.1, -0.05) is 24.3 Å². The first-order valence-corrected chi connectivity index (χ1v) is 24.0. The summed E-state index contributed by atoms with van der Waals surface area (Å²) in [6, 6.07) is 17.5. The van der Waals surface area contributed by atoms with E-state index in [-0.39, 0.29) is 108 Å². The normalized spacial score (nSPS) is 14.7. The van der Waals surface area contributed by atoms with Crippen molar-refractivity contribution in [2.75, 3.05) is 53.9 Å². The number of amides is 2. The van der Waals surface area contributed by atoms with Gasteiger partial charge in [0.1, 0.15) is 22.8 Å². The van der Waals surface area contributed by atoms with E-state index in [1.54, 1.807) is 31.2 Å². The Labute approximate surface area is 409 Å². The second-order valence-electron chi connectivity index (χ2n) is 14.7. The topological polar surface area (TPSA) is 260 Å². The molecule has 0 aliphatic carbocycles. The number of benzene rings is 2. The van der Waals surface area contributed by atoms with Gasteiger partial charge in [0.25, 0.3) is 11.8 Å². The van der Waals surface area contributed by atoms with Gasteiger partial charge in [-0.3, -0.25) is 28.2 Å². The monoisotopic (exact) mass is 973 g/mol. The molecule has 0 spiro atoms. The number of hydrogen-bond donors (Lipinski definition) is 5. The minimum atomic E-state index is -3.61. The Bertz CT molecular complexity index is 2670. The van der Waals surface area contributed by atoms with Gasteiger partial charge in [-0.15, -0.1) is 0 Å². The Morgan fingerprint density at radius 2 is 1.07 bits per heavy atom. The number of aliphatic hydroxyl groups excluding tert-OH is 1. The summed E-state index contributed by atoms with van der Waals surface area (Å²) in [6.45, 7) is 2.52. The minimum absolute atomic E-state index is 0. The zero-order chi connectivity index (χ0) is 48.0. The molecule has 18 nitrogen and oxygen atoms in total. The molecule has 4 aromatic heterocycles. The molecule has 0 saturated carbocycles. The zero-order valence-electron chi connectivity index (χ0n) is 37.4. The smallest absolute Gasteiger partial charge is 0.869 e. The number of rotatable bonds is 8. The predicted molar refractivity (Wildman–Crippen MR) is 244 cm³/mol. The van der Waals surface area contributed by atoms with E-state index in [1.807, 2.05) is 14.1 Å². The number of fused-ring (bicyclic) bond motifs is 2. The number of aromatic nitrogens is 4. The van der Waals surface area contributed by atoms with Crippen molar-refractivity contribution in [3.63, 3.8) is 0 Å². The van der Waals surface area contributed by atoms with E-state index in [0.29, 0.717) is 42.2 Å². The van der Waals surface area contributed by atoms with E-state index in [9.17, 15) is 45.4 Å². The van der Waals surface area contributed by atoms with E-state index < -0.39 is 60.7 Å². The van der Waals surface area contributed by atoms with Gasteiger partial charge >= 0.3 is 29.6 Å². The van der Waals surface area contributed by atoms with Gasteiger partial charge in [0.15, 0.2) is 23.1 Å². The quantitative estimate of drug-likeness (QED) is 0.133. The maximum Gasteiger partial charge on any atom is 1.00 e.